The Hall–Kier alpha value is -3.41. The summed E-state index contributed by atoms with van der Waals surface area (Å²) in [5.74, 6) is 2.70. The molecule has 26 heavy (non-hydrogen) atoms. The predicted octanol–water partition coefficient (Wildman–Crippen LogP) is 3.30. The van der Waals surface area contributed by atoms with Gasteiger partial charge in [0.1, 0.15) is 0 Å². The molecule has 0 fully saturated rings. The van der Waals surface area contributed by atoms with Gasteiger partial charge in [-0.1, -0.05) is 12.1 Å². The molecule has 0 N–H and O–H groups in total. The second-order valence-corrected chi connectivity index (χ2v) is 6.50. The van der Waals surface area contributed by atoms with E-state index in [1.165, 1.54) is 0 Å². The summed E-state index contributed by atoms with van der Waals surface area (Å²) < 4.78 is 23.6. The molecule has 6 nitrogen and oxygen atoms in total. The molecule has 2 aliphatic heterocycles. The standard InChI is InChI=1S/C20H13NO5/c1-21-19-11(3-2-10-4-15-16(5-12(10)19)24-8-23-15)13-6-17-18(26-9-25-17)7-14(13)20(21)22/h2-7H,8-9H2,1H3. The second-order valence-electron chi connectivity index (χ2n) is 6.50. The minimum absolute atomic E-state index is 0.0732. The van der Waals surface area contributed by atoms with E-state index in [9.17, 15) is 4.79 Å². The normalized spacial score (nSPS) is 14.7. The first-order valence-electron chi connectivity index (χ1n) is 8.29. The quantitative estimate of drug-likeness (QED) is 0.457. The number of fused-ring (bicyclic) bond motifs is 7. The monoisotopic (exact) mass is 347 g/mol. The van der Waals surface area contributed by atoms with Gasteiger partial charge in [-0.2, -0.15) is 0 Å². The van der Waals surface area contributed by atoms with Crippen molar-refractivity contribution >= 4 is 32.4 Å². The van der Waals surface area contributed by atoms with E-state index in [-0.39, 0.29) is 19.1 Å². The van der Waals surface area contributed by atoms with E-state index in [4.69, 9.17) is 18.9 Å². The molecule has 128 valence electrons. The molecule has 0 saturated carbocycles. The Bertz CT molecular complexity index is 1320. The highest BCUT2D eigenvalue weighted by Gasteiger charge is 2.20. The molecular weight excluding hydrogens is 334 g/mol. The zero-order valence-corrected chi connectivity index (χ0v) is 13.9. The van der Waals surface area contributed by atoms with Crippen LogP contribution < -0.4 is 24.5 Å². The second kappa shape index (κ2) is 4.60. The number of aryl methyl sites for hydroxylation is 1. The van der Waals surface area contributed by atoms with Gasteiger partial charge in [-0.05, 0) is 29.7 Å². The van der Waals surface area contributed by atoms with Crippen molar-refractivity contribution in [1.29, 1.82) is 0 Å². The predicted molar refractivity (Wildman–Crippen MR) is 96.4 cm³/mol. The average molecular weight is 347 g/mol. The summed E-state index contributed by atoms with van der Waals surface area (Å²) in [6, 6.07) is 11.6. The summed E-state index contributed by atoms with van der Waals surface area (Å²) in [6.45, 7) is 0.394. The van der Waals surface area contributed by atoms with Crippen molar-refractivity contribution in [2.24, 2.45) is 7.05 Å². The van der Waals surface area contributed by atoms with Crippen molar-refractivity contribution < 1.29 is 18.9 Å². The van der Waals surface area contributed by atoms with Crippen molar-refractivity contribution in [1.82, 2.24) is 4.57 Å². The maximum absolute atomic E-state index is 13.0. The molecule has 1 aromatic heterocycles. The number of nitrogens with zero attached hydrogens (tertiary/aromatic N) is 1. The fourth-order valence-electron chi connectivity index (χ4n) is 3.90. The zero-order chi connectivity index (χ0) is 17.4. The molecule has 2 aliphatic rings. The molecule has 0 radical (unpaired) electrons. The van der Waals surface area contributed by atoms with Gasteiger partial charge in [0.2, 0.25) is 13.6 Å². The van der Waals surface area contributed by atoms with Crippen LogP contribution in [-0.4, -0.2) is 18.2 Å². The summed E-state index contributed by atoms with van der Waals surface area (Å²) >= 11 is 0. The van der Waals surface area contributed by atoms with Crippen molar-refractivity contribution in [2.45, 2.75) is 0 Å². The maximum atomic E-state index is 13.0. The Morgan fingerprint density at radius 1 is 0.731 bits per heavy atom. The van der Waals surface area contributed by atoms with E-state index in [0.717, 1.165) is 32.8 Å². The van der Waals surface area contributed by atoms with Gasteiger partial charge in [0.25, 0.3) is 5.56 Å². The first-order valence-corrected chi connectivity index (χ1v) is 8.29. The molecule has 0 spiro atoms. The van der Waals surface area contributed by atoms with Crippen molar-refractivity contribution in [3.63, 3.8) is 0 Å². The minimum atomic E-state index is -0.0732. The SMILES string of the molecule is Cn1c(=O)c2cc3c(cc2c2ccc4cc5c(cc4c21)OCO5)OCO3. The third-order valence-corrected chi connectivity index (χ3v) is 5.16. The van der Waals surface area contributed by atoms with Gasteiger partial charge in [-0.15, -0.1) is 0 Å². The van der Waals surface area contributed by atoms with Gasteiger partial charge in [-0.3, -0.25) is 4.79 Å². The van der Waals surface area contributed by atoms with E-state index < -0.39 is 0 Å². The molecule has 0 atom stereocenters. The van der Waals surface area contributed by atoms with E-state index in [0.29, 0.717) is 22.6 Å². The topological polar surface area (TPSA) is 58.9 Å². The van der Waals surface area contributed by atoms with Crippen molar-refractivity contribution in [2.75, 3.05) is 13.6 Å². The number of rotatable bonds is 0. The van der Waals surface area contributed by atoms with Gasteiger partial charge in [0.05, 0.1) is 10.9 Å². The number of ether oxygens (including phenoxy) is 4. The summed E-state index contributed by atoms with van der Waals surface area (Å²) in [7, 11) is 1.79. The molecule has 0 amide bonds. The lowest BCUT2D eigenvalue weighted by Gasteiger charge is -2.13. The van der Waals surface area contributed by atoms with Gasteiger partial charge in [0.15, 0.2) is 23.0 Å². The van der Waals surface area contributed by atoms with Gasteiger partial charge >= 0.3 is 0 Å². The number of benzene rings is 3. The van der Waals surface area contributed by atoms with Crippen LogP contribution in [0.4, 0.5) is 0 Å². The highest BCUT2D eigenvalue weighted by Crippen LogP contribution is 2.41. The average Bonchev–Trinajstić information content (AvgIpc) is 3.30. The van der Waals surface area contributed by atoms with E-state index in [2.05, 4.69) is 0 Å². The summed E-state index contributed by atoms with van der Waals surface area (Å²) in [5, 5.41) is 4.39. The van der Waals surface area contributed by atoms with Crippen molar-refractivity contribution in [3.05, 3.63) is 46.8 Å². The molecule has 0 saturated heterocycles. The molecule has 3 aromatic carbocycles. The lowest BCUT2D eigenvalue weighted by atomic mass is 10.00. The third kappa shape index (κ3) is 1.63. The highest BCUT2D eigenvalue weighted by molar-refractivity contribution is 6.16. The maximum Gasteiger partial charge on any atom is 0.258 e. The number of hydrogen-bond acceptors (Lipinski definition) is 5. The van der Waals surface area contributed by atoms with Crippen LogP contribution in [0.5, 0.6) is 23.0 Å². The van der Waals surface area contributed by atoms with Crippen LogP contribution in [-0.2, 0) is 7.05 Å². The first kappa shape index (κ1) is 13.8. The van der Waals surface area contributed by atoms with Crippen LogP contribution in [0, 0.1) is 0 Å². The lowest BCUT2D eigenvalue weighted by molar-refractivity contribution is 0.173. The molecule has 6 heteroatoms. The van der Waals surface area contributed by atoms with E-state index in [1.807, 2.05) is 30.3 Å². The van der Waals surface area contributed by atoms with Gasteiger partial charge < -0.3 is 23.5 Å². The molecule has 0 bridgehead atoms. The first-order chi connectivity index (χ1) is 12.7. The van der Waals surface area contributed by atoms with Crippen LogP contribution in [0.15, 0.2) is 41.2 Å². The molecule has 4 aromatic rings. The molecule has 0 unspecified atom stereocenters. The Morgan fingerprint density at radius 2 is 1.31 bits per heavy atom. The zero-order valence-electron chi connectivity index (χ0n) is 13.9. The number of pyridine rings is 1. The van der Waals surface area contributed by atoms with E-state index >= 15 is 0 Å². The summed E-state index contributed by atoms with van der Waals surface area (Å²) in [6.07, 6.45) is 0. The van der Waals surface area contributed by atoms with Crippen LogP contribution in [0.3, 0.4) is 0 Å². The molecular formula is C20H13NO5. The highest BCUT2D eigenvalue weighted by atomic mass is 16.7. The van der Waals surface area contributed by atoms with Crippen molar-refractivity contribution in [3.8, 4) is 23.0 Å². The Balaban J connectivity index is 1.84. The van der Waals surface area contributed by atoms with Crippen LogP contribution in [0.25, 0.3) is 32.4 Å². The van der Waals surface area contributed by atoms with E-state index in [1.54, 1.807) is 17.7 Å². The fraction of sp³-hybridized carbons (Fsp3) is 0.150. The van der Waals surface area contributed by atoms with Crippen LogP contribution in [0.2, 0.25) is 0 Å². The molecule has 6 rings (SSSR count). The Kier molecular flexibility index (Phi) is 2.45. The minimum Gasteiger partial charge on any atom is -0.454 e. The Morgan fingerprint density at radius 3 is 2.00 bits per heavy atom. The van der Waals surface area contributed by atoms with Crippen LogP contribution >= 0.6 is 0 Å². The summed E-state index contributed by atoms with van der Waals surface area (Å²) in [5.41, 5.74) is 0.785. The largest absolute Gasteiger partial charge is 0.454 e. The van der Waals surface area contributed by atoms with Gasteiger partial charge in [-0.25, -0.2) is 0 Å². The third-order valence-electron chi connectivity index (χ3n) is 5.16. The van der Waals surface area contributed by atoms with Crippen LogP contribution in [0.1, 0.15) is 0 Å². The smallest absolute Gasteiger partial charge is 0.258 e. The van der Waals surface area contributed by atoms with Gasteiger partial charge in [0, 0.05) is 23.2 Å². The Labute approximate surface area is 147 Å². The number of aromatic nitrogens is 1. The summed E-state index contributed by atoms with van der Waals surface area (Å²) in [4.78, 5) is 13.0. The lowest BCUT2D eigenvalue weighted by Crippen LogP contribution is -2.17. The number of hydrogen-bond donors (Lipinski definition) is 0. The molecule has 0 aliphatic carbocycles. The fourth-order valence-corrected chi connectivity index (χ4v) is 3.90. The molecule has 3 heterocycles.